The minimum Gasteiger partial charge on any atom is -0.439 e. The van der Waals surface area contributed by atoms with Crippen molar-refractivity contribution in [3.8, 4) is 17.4 Å². The van der Waals surface area contributed by atoms with Gasteiger partial charge in [-0.05, 0) is 73.6 Å². The Balaban J connectivity index is 1.16. The number of benzene rings is 2. The van der Waals surface area contributed by atoms with Gasteiger partial charge in [0.2, 0.25) is 5.88 Å². The van der Waals surface area contributed by atoms with Crippen molar-refractivity contribution >= 4 is 23.4 Å². The highest BCUT2D eigenvalue weighted by molar-refractivity contribution is 6.30. The largest absolute Gasteiger partial charge is 0.439 e. The van der Waals surface area contributed by atoms with Crippen LogP contribution in [0.5, 0.6) is 17.4 Å². The number of nitrogens with one attached hydrogen (secondary N) is 1. The summed E-state index contributed by atoms with van der Waals surface area (Å²) in [6.07, 6.45) is 4.75. The van der Waals surface area contributed by atoms with Crippen LogP contribution in [0.15, 0.2) is 66.9 Å². The lowest BCUT2D eigenvalue weighted by Gasteiger charge is -2.54. The number of amides is 2. The van der Waals surface area contributed by atoms with Crippen molar-refractivity contribution < 1.29 is 27.8 Å². The van der Waals surface area contributed by atoms with E-state index in [9.17, 15) is 18.4 Å². The maximum atomic E-state index is 13.1. The molecule has 2 aromatic carbocycles. The molecule has 1 aromatic heterocycles. The van der Waals surface area contributed by atoms with Gasteiger partial charge in [0.1, 0.15) is 11.5 Å². The molecule has 1 saturated carbocycles. The lowest BCUT2D eigenvalue weighted by Crippen LogP contribution is -2.59. The third-order valence-electron chi connectivity index (χ3n) is 7.39. The Kier molecular flexibility index (Phi) is 7.46. The zero-order chi connectivity index (χ0) is 26.7. The van der Waals surface area contributed by atoms with Gasteiger partial charge in [-0.2, -0.15) is 8.78 Å². The molecule has 1 saturated heterocycles. The van der Waals surface area contributed by atoms with Crippen LogP contribution in [-0.2, 0) is 0 Å². The molecule has 2 fully saturated rings. The fourth-order valence-corrected chi connectivity index (χ4v) is 5.27. The van der Waals surface area contributed by atoms with Gasteiger partial charge in [0.05, 0.1) is 10.6 Å². The molecule has 2 amide bonds. The first-order valence-electron chi connectivity index (χ1n) is 12.4. The number of carbonyl (C=O) groups excluding carboxylic acids is 2. The van der Waals surface area contributed by atoms with E-state index >= 15 is 0 Å². The van der Waals surface area contributed by atoms with Gasteiger partial charge in [-0.25, -0.2) is 4.98 Å². The van der Waals surface area contributed by atoms with Gasteiger partial charge in [-0.15, -0.1) is 0 Å². The summed E-state index contributed by atoms with van der Waals surface area (Å²) in [5.74, 6) is 0.327. The molecule has 7 nitrogen and oxygen atoms in total. The summed E-state index contributed by atoms with van der Waals surface area (Å²) < 4.78 is 35.7. The smallest absolute Gasteiger partial charge is 0.387 e. The quantitative estimate of drug-likeness (QED) is 0.400. The summed E-state index contributed by atoms with van der Waals surface area (Å²) in [5, 5.41) is 3.53. The fraction of sp³-hybridized carbons (Fsp3) is 0.321. The maximum Gasteiger partial charge on any atom is 0.387 e. The van der Waals surface area contributed by atoms with Crippen LogP contribution >= 0.6 is 11.6 Å². The summed E-state index contributed by atoms with van der Waals surface area (Å²) in [6, 6.07) is 16.2. The van der Waals surface area contributed by atoms with E-state index in [0.29, 0.717) is 35.3 Å². The summed E-state index contributed by atoms with van der Waals surface area (Å²) in [6.45, 7) is -1.86. The molecule has 1 aliphatic carbocycles. The van der Waals surface area contributed by atoms with Gasteiger partial charge in [0.15, 0.2) is 0 Å². The number of hydrogen-bond donors (Lipinski definition) is 1. The van der Waals surface area contributed by atoms with E-state index in [0.717, 1.165) is 25.7 Å². The second kappa shape index (κ2) is 10.9. The molecule has 1 aliphatic heterocycles. The molecule has 1 N–H and O–H groups in total. The minimum absolute atomic E-state index is 0.0611. The Morgan fingerprint density at radius 3 is 2.39 bits per heavy atom. The molecular formula is C28H26ClF2N3O4. The molecule has 2 heterocycles. The molecule has 0 bridgehead atoms. The molecule has 10 heteroatoms. The molecule has 198 valence electrons. The number of para-hydroxylation sites is 1. The predicted octanol–water partition coefficient (Wildman–Crippen LogP) is 5.94. The van der Waals surface area contributed by atoms with Crippen molar-refractivity contribution in [2.75, 3.05) is 13.1 Å². The molecule has 3 aromatic rings. The molecule has 5 rings (SSSR count). The number of ether oxygens (including phenoxy) is 2. The highest BCUT2D eigenvalue weighted by Crippen LogP contribution is 2.49. The first-order chi connectivity index (χ1) is 18.3. The van der Waals surface area contributed by atoms with E-state index in [4.69, 9.17) is 16.3 Å². The Bertz CT molecular complexity index is 1300. The average Bonchev–Trinajstić information content (AvgIpc) is 2.92. The zero-order valence-electron chi connectivity index (χ0n) is 20.4. The van der Waals surface area contributed by atoms with Gasteiger partial charge >= 0.3 is 6.61 Å². The van der Waals surface area contributed by atoms with Gasteiger partial charge in [0.25, 0.3) is 11.8 Å². The molecular weight excluding hydrogens is 516 g/mol. The number of alkyl halides is 2. The first-order valence-corrected chi connectivity index (χ1v) is 12.7. The number of hydrogen-bond acceptors (Lipinski definition) is 5. The van der Waals surface area contributed by atoms with Gasteiger partial charge in [0, 0.05) is 37.0 Å². The second-order valence-corrected chi connectivity index (χ2v) is 9.97. The third-order valence-corrected chi connectivity index (χ3v) is 7.62. The van der Waals surface area contributed by atoms with E-state index in [1.54, 1.807) is 48.5 Å². The fourth-order valence-electron chi connectivity index (χ4n) is 5.16. The summed E-state index contributed by atoms with van der Waals surface area (Å²) >= 11 is 5.84. The highest BCUT2D eigenvalue weighted by atomic mass is 35.5. The van der Waals surface area contributed by atoms with E-state index in [1.165, 1.54) is 18.3 Å². The Morgan fingerprint density at radius 1 is 1.03 bits per heavy atom. The number of aromatic nitrogens is 1. The average molecular weight is 542 g/mol. The van der Waals surface area contributed by atoms with Gasteiger partial charge in [-0.3, -0.25) is 9.59 Å². The van der Waals surface area contributed by atoms with Crippen LogP contribution in [0.4, 0.5) is 8.78 Å². The number of carbonyl (C=O) groups is 2. The Hall–Kier alpha value is -3.72. The van der Waals surface area contributed by atoms with Crippen LogP contribution < -0.4 is 14.8 Å². The molecule has 38 heavy (non-hydrogen) atoms. The van der Waals surface area contributed by atoms with Crippen LogP contribution in [0.3, 0.4) is 0 Å². The van der Waals surface area contributed by atoms with Crippen molar-refractivity contribution in [1.29, 1.82) is 0 Å². The summed E-state index contributed by atoms with van der Waals surface area (Å²) in [5.41, 5.74) is 0.544. The number of likely N-dealkylation sites (tertiary alicyclic amines) is 1. The number of piperidine rings is 1. The zero-order valence-corrected chi connectivity index (χ0v) is 21.2. The normalized spacial score (nSPS) is 18.1. The topological polar surface area (TPSA) is 80.8 Å². The molecule has 1 spiro atoms. The molecule has 0 radical (unpaired) electrons. The Morgan fingerprint density at radius 2 is 1.76 bits per heavy atom. The summed E-state index contributed by atoms with van der Waals surface area (Å²) in [7, 11) is 0. The van der Waals surface area contributed by atoms with Crippen molar-refractivity contribution in [2.45, 2.75) is 38.3 Å². The molecule has 1 atom stereocenters. The molecule has 1 unspecified atom stereocenters. The number of pyridine rings is 1. The van der Waals surface area contributed by atoms with E-state index in [1.807, 2.05) is 4.90 Å². The van der Waals surface area contributed by atoms with Crippen molar-refractivity contribution in [3.05, 3.63) is 83.0 Å². The van der Waals surface area contributed by atoms with Gasteiger partial charge < -0.3 is 19.7 Å². The van der Waals surface area contributed by atoms with E-state index in [-0.39, 0.29) is 28.7 Å². The van der Waals surface area contributed by atoms with Crippen molar-refractivity contribution in [1.82, 2.24) is 15.2 Å². The number of nitrogens with zero attached hydrogens (tertiary/aromatic N) is 2. The second-order valence-electron chi connectivity index (χ2n) is 9.54. The third kappa shape index (κ3) is 5.57. The van der Waals surface area contributed by atoms with Crippen LogP contribution in [-0.4, -0.2) is 47.4 Å². The lowest BCUT2D eigenvalue weighted by atomic mass is 9.59. The van der Waals surface area contributed by atoms with Crippen LogP contribution in [0.25, 0.3) is 0 Å². The van der Waals surface area contributed by atoms with Crippen LogP contribution in [0.2, 0.25) is 5.02 Å². The monoisotopic (exact) mass is 541 g/mol. The van der Waals surface area contributed by atoms with Crippen LogP contribution in [0.1, 0.15) is 46.4 Å². The van der Waals surface area contributed by atoms with E-state index in [2.05, 4.69) is 15.0 Å². The minimum atomic E-state index is -3.01. The highest BCUT2D eigenvalue weighted by Gasteiger charge is 2.49. The number of halogens is 3. The standard InChI is InChI=1S/C28H26ClF2N3O4/c29-19-7-10-24(32-17-19)37-20-8-5-18(6-9-20)26(36)34-15-13-28(14-16-34)12-11-23(28)33-25(35)21-3-1-2-4-22(21)38-27(30)31/h1-10,17,23,27H,11-16H2,(H,33,35). The maximum absolute atomic E-state index is 13.1. The SMILES string of the molecule is O=C(NC1CCC12CCN(C(=O)c1ccc(Oc3ccc(Cl)cn3)cc1)CC2)c1ccccc1OC(F)F. The van der Waals surface area contributed by atoms with Crippen molar-refractivity contribution in [2.24, 2.45) is 5.41 Å². The number of rotatable bonds is 7. The molecule has 2 aliphatic rings. The van der Waals surface area contributed by atoms with Crippen molar-refractivity contribution in [3.63, 3.8) is 0 Å². The predicted molar refractivity (Wildman–Crippen MR) is 137 cm³/mol. The lowest BCUT2D eigenvalue weighted by molar-refractivity contribution is -0.0503. The Labute approximate surface area is 223 Å². The van der Waals surface area contributed by atoms with Gasteiger partial charge in [-0.1, -0.05) is 23.7 Å². The summed E-state index contributed by atoms with van der Waals surface area (Å²) in [4.78, 5) is 31.9. The first kappa shape index (κ1) is 25.9. The van der Waals surface area contributed by atoms with E-state index < -0.39 is 12.5 Å². The van der Waals surface area contributed by atoms with Crippen LogP contribution in [0, 0.1) is 5.41 Å².